The Bertz CT molecular complexity index is 159. The van der Waals surface area contributed by atoms with Gasteiger partial charge in [-0.25, -0.2) is 0 Å². The Labute approximate surface area is 108 Å². The van der Waals surface area contributed by atoms with Crippen molar-refractivity contribution in [2.75, 3.05) is 0 Å². The van der Waals surface area contributed by atoms with Crippen molar-refractivity contribution in [1.29, 1.82) is 0 Å². The zero-order chi connectivity index (χ0) is 9.97. The standard InChI is InChI=1S/C13H24B.Li/c1-11(2)9-10-14-12-5-3-6-13(14)8-4-7-12;/h10-13H,3-9H2,1-2H3;/q-1;+1. The summed E-state index contributed by atoms with van der Waals surface area (Å²) in [6.07, 6.45) is 13.1. The first-order valence-electron chi connectivity index (χ1n) is 6.60. The van der Waals surface area contributed by atoms with Crippen molar-refractivity contribution in [3.8, 4) is 0 Å². The molecule has 0 nitrogen and oxygen atoms in total. The van der Waals surface area contributed by atoms with Crippen LogP contribution in [0.3, 0.4) is 0 Å². The average molecular weight is 198 g/mol. The van der Waals surface area contributed by atoms with Crippen molar-refractivity contribution in [3.63, 3.8) is 0 Å². The van der Waals surface area contributed by atoms with Gasteiger partial charge in [-0.1, -0.05) is 69.9 Å². The molecule has 0 aromatic rings. The minimum atomic E-state index is 0. The monoisotopic (exact) mass is 198 g/mol. The van der Waals surface area contributed by atoms with Crippen LogP contribution in [0.2, 0.25) is 11.6 Å². The van der Waals surface area contributed by atoms with Gasteiger partial charge in [0.15, 0.2) is 0 Å². The Morgan fingerprint density at radius 2 is 1.53 bits per heavy atom. The molecule has 0 unspecified atom stereocenters. The average Bonchev–Trinajstić information content (AvgIpc) is 2.13. The van der Waals surface area contributed by atoms with Gasteiger partial charge in [0.25, 0.3) is 0 Å². The Kier molecular flexibility index (Phi) is 5.87. The largest absolute Gasteiger partial charge is 1.00 e. The van der Waals surface area contributed by atoms with Crippen LogP contribution in [0.15, 0.2) is 0 Å². The third-order valence-electron chi connectivity index (χ3n) is 4.27. The molecule has 15 heavy (non-hydrogen) atoms. The molecular formula is C13H24BLi. The second-order valence-electron chi connectivity index (χ2n) is 5.82. The molecule has 0 N–H and O–H groups in total. The first-order chi connectivity index (χ1) is 6.77. The Morgan fingerprint density at radius 1 is 1.07 bits per heavy atom. The fraction of sp³-hybridized carbons (Fsp3) is 0.923. The first kappa shape index (κ1) is 13.7. The Balaban J connectivity index is 0.00000112. The van der Waals surface area contributed by atoms with Gasteiger partial charge in [-0.15, -0.1) is 0 Å². The molecule has 2 fully saturated rings. The van der Waals surface area contributed by atoms with Gasteiger partial charge in [-0.3, -0.25) is 0 Å². The van der Waals surface area contributed by atoms with E-state index in [0.717, 1.165) is 24.3 Å². The third-order valence-corrected chi connectivity index (χ3v) is 4.27. The van der Waals surface area contributed by atoms with Crippen LogP contribution in [0.4, 0.5) is 0 Å². The first-order valence-corrected chi connectivity index (χ1v) is 6.60. The zero-order valence-corrected chi connectivity index (χ0v) is 10.8. The smallest absolute Gasteiger partial charge is 0.349 e. The van der Waals surface area contributed by atoms with E-state index >= 15 is 0 Å². The van der Waals surface area contributed by atoms with Gasteiger partial charge in [-0.2, -0.15) is 6.42 Å². The number of hydrogen-bond acceptors (Lipinski definition) is 0. The molecule has 2 heteroatoms. The molecule has 2 rings (SSSR count). The molecule has 2 bridgehead atoms. The van der Waals surface area contributed by atoms with Crippen molar-refractivity contribution >= 4 is 6.71 Å². The van der Waals surface area contributed by atoms with E-state index in [0.29, 0.717) is 0 Å². The van der Waals surface area contributed by atoms with Gasteiger partial charge >= 0.3 is 18.9 Å². The molecule has 0 aliphatic carbocycles. The summed E-state index contributed by atoms with van der Waals surface area (Å²) in [6, 6.07) is 0. The fourth-order valence-corrected chi connectivity index (χ4v) is 3.54. The molecule has 2 heterocycles. The number of rotatable bonds is 3. The van der Waals surface area contributed by atoms with Crippen LogP contribution in [-0.2, 0) is 0 Å². The summed E-state index contributed by atoms with van der Waals surface area (Å²) in [5.74, 6) is 3.00. The van der Waals surface area contributed by atoms with Crippen LogP contribution in [0.5, 0.6) is 0 Å². The maximum absolute atomic E-state index is 2.68. The van der Waals surface area contributed by atoms with Crippen LogP contribution >= 0.6 is 0 Å². The van der Waals surface area contributed by atoms with Gasteiger partial charge in [0, 0.05) is 0 Å². The number of hydrogen-bond donors (Lipinski definition) is 0. The van der Waals surface area contributed by atoms with Gasteiger partial charge in [0.05, 0.1) is 0 Å². The quantitative estimate of drug-likeness (QED) is 0.474. The maximum Gasteiger partial charge on any atom is 1.00 e. The summed E-state index contributed by atoms with van der Waals surface area (Å²) in [5, 5.41) is 0. The molecule has 2 aliphatic rings. The fourth-order valence-electron chi connectivity index (χ4n) is 3.54. The van der Waals surface area contributed by atoms with E-state index in [2.05, 4.69) is 20.2 Å². The van der Waals surface area contributed by atoms with Crippen LogP contribution in [-0.4, -0.2) is 6.71 Å². The van der Waals surface area contributed by atoms with Crippen LogP contribution in [0.1, 0.15) is 58.8 Å². The van der Waals surface area contributed by atoms with E-state index in [1.165, 1.54) is 44.9 Å². The molecule has 0 radical (unpaired) electrons. The summed E-state index contributed by atoms with van der Waals surface area (Å²) in [7, 11) is 0. The summed E-state index contributed by atoms with van der Waals surface area (Å²) in [4.78, 5) is 0. The zero-order valence-electron chi connectivity index (χ0n) is 10.8. The van der Waals surface area contributed by atoms with Crippen molar-refractivity contribution in [2.24, 2.45) is 5.92 Å². The van der Waals surface area contributed by atoms with E-state index in [9.17, 15) is 0 Å². The summed E-state index contributed by atoms with van der Waals surface area (Å²) >= 11 is 0. The van der Waals surface area contributed by atoms with E-state index in [-0.39, 0.29) is 18.9 Å². The Morgan fingerprint density at radius 3 is 1.93 bits per heavy atom. The van der Waals surface area contributed by atoms with Crippen LogP contribution < -0.4 is 18.9 Å². The summed E-state index contributed by atoms with van der Waals surface area (Å²) < 4.78 is 0. The van der Waals surface area contributed by atoms with E-state index in [4.69, 9.17) is 0 Å². The van der Waals surface area contributed by atoms with Crippen molar-refractivity contribution < 1.29 is 18.9 Å². The van der Waals surface area contributed by atoms with Crippen molar-refractivity contribution in [2.45, 2.75) is 70.4 Å². The van der Waals surface area contributed by atoms with E-state index in [1.807, 2.05) is 0 Å². The molecule has 2 saturated heterocycles. The molecule has 80 valence electrons. The Hall–Kier alpha value is 0.662. The van der Waals surface area contributed by atoms with E-state index < -0.39 is 0 Å². The van der Waals surface area contributed by atoms with Crippen molar-refractivity contribution in [3.05, 3.63) is 6.32 Å². The molecule has 0 saturated carbocycles. The van der Waals surface area contributed by atoms with Crippen molar-refractivity contribution in [1.82, 2.24) is 0 Å². The molecule has 0 atom stereocenters. The molecule has 0 amide bonds. The minimum Gasteiger partial charge on any atom is -0.349 e. The minimum absolute atomic E-state index is 0. The normalized spacial score (nSPS) is 30.2. The molecule has 0 aromatic carbocycles. The van der Waals surface area contributed by atoms with E-state index in [1.54, 1.807) is 0 Å². The maximum atomic E-state index is 2.68. The molecule has 0 spiro atoms. The predicted molar refractivity (Wildman–Crippen MR) is 64.7 cm³/mol. The predicted octanol–water partition coefficient (Wildman–Crippen LogP) is 1.38. The van der Waals surface area contributed by atoms with Gasteiger partial charge < -0.3 is 6.32 Å². The summed E-state index contributed by atoms with van der Waals surface area (Å²) in [6.45, 7) is 5.68. The molecular weight excluding hydrogens is 174 g/mol. The molecule has 2 aliphatic heterocycles. The SMILES string of the molecule is CC(C)C[CH-]B1C2CCCC1CCC2.[Li+]. The topological polar surface area (TPSA) is 0 Å². The van der Waals surface area contributed by atoms with Crippen LogP contribution in [0, 0.1) is 12.2 Å². The third kappa shape index (κ3) is 3.57. The second-order valence-corrected chi connectivity index (χ2v) is 5.82. The van der Waals surface area contributed by atoms with Gasteiger partial charge in [0.2, 0.25) is 0 Å². The van der Waals surface area contributed by atoms with Crippen LogP contribution in [0.25, 0.3) is 0 Å². The summed E-state index contributed by atoms with van der Waals surface area (Å²) in [5.41, 5.74) is 0. The van der Waals surface area contributed by atoms with Gasteiger partial charge in [0.1, 0.15) is 0 Å². The number of fused-ring (bicyclic) bond motifs is 2. The molecule has 0 aromatic heterocycles. The van der Waals surface area contributed by atoms with Gasteiger partial charge in [-0.05, 0) is 6.71 Å². The second kappa shape index (κ2) is 6.41.